The van der Waals surface area contributed by atoms with E-state index in [9.17, 15) is 0 Å². The molecule has 2 aromatic carbocycles. The van der Waals surface area contributed by atoms with Crippen LogP contribution in [-0.4, -0.2) is 32.8 Å². The van der Waals surface area contributed by atoms with Crippen molar-refractivity contribution in [2.45, 2.75) is 12.2 Å². The van der Waals surface area contributed by atoms with Crippen LogP contribution in [0.5, 0.6) is 0 Å². The molecule has 1 spiro atoms. The van der Waals surface area contributed by atoms with Gasteiger partial charge in [-0.3, -0.25) is 4.90 Å². The Hall–Kier alpha value is -2.25. The van der Waals surface area contributed by atoms with E-state index in [1.165, 1.54) is 0 Å². The molecule has 0 amide bonds. The lowest BCUT2D eigenvalue weighted by Crippen LogP contribution is -2.49. The number of hydrogen-bond donors (Lipinski definition) is 0. The molecule has 3 aliphatic rings. The van der Waals surface area contributed by atoms with Crippen molar-refractivity contribution in [2.75, 3.05) is 31.3 Å². The van der Waals surface area contributed by atoms with Crippen molar-refractivity contribution in [1.82, 2.24) is 0 Å². The molecule has 0 aliphatic carbocycles. The standard InChI is InChI=1S/C19H18N2O4/c1-4-8-17(14(5-1)18-22-9-10-23-18)21-13-20-16-7-3-2-6-15(16)19(21)24-11-12-25-19/h1-8,13,18H,9-12H2. The first kappa shape index (κ1) is 15.0. The number of nitrogens with zero attached hydrogens (tertiary/aromatic N) is 2. The Balaban J connectivity index is 1.65. The van der Waals surface area contributed by atoms with E-state index in [4.69, 9.17) is 18.9 Å². The summed E-state index contributed by atoms with van der Waals surface area (Å²) in [6.07, 6.45) is 1.38. The van der Waals surface area contributed by atoms with Gasteiger partial charge in [-0.15, -0.1) is 0 Å². The van der Waals surface area contributed by atoms with E-state index in [0.29, 0.717) is 26.4 Å². The Morgan fingerprint density at radius 1 is 0.880 bits per heavy atom. The molecule has 2 aromatic rings. The SMILES string of the molecule is C1=Nc2ccccc2C2(OCCO2)N1c1ccccc1C1OCCO1. The number of anilines is 1. The maximum atomic E-state index is 6.12. The van der Waals surface area contributed by atoms with E-state index < -0.39 is 5.91 Å². The second kappa shape index (κ2) is 5.93. The van der Waals surface area contributed by atoms with E-state index in [2.05, 4.69) is 4.99 Å². The molecule has 0 unspecified atom stereocenters. The highest BCUT2D eigenvalue weighted by Crippen LogP contribution is 2.46. The molecule has 2 fully saturated rings. The Bertz CT molecular complexity index is 811. The molecule has 0 radical (unpaired) electrons. The van der Waals surface area contributed by atoms with Crippen molar-refractivity contribution in [3.63, 3.8) is 0 Å². The Kier molecular flexibility index (Phi) is 3.57. The van der Waals surface area contributed by atoms with Crippen LogP contribution in [0.15, 0.2) is 53.5 Å². The van der Waals surface area contributed by atoms with E-state index in [-0.39, 0.29) is 6.29 Å². The first-order valence-corrected chi connectivity index (χ1v) is 8.41. The summed E-state index contributed by atoms with van der Waals surface area (Å²) in [5.74, 6) is -1.01. The first-order chi connectivity index (χ1) is 12.4. The molecule has 3 heterocycles. The number of hydrogen-bond acceptors (Lipinski definition) is 6. The largest absolute Gasteiger partial charge is 0.346 e. The van der Waals surface area contributed by atoms with Gasteiger partial charge < -0.3 is 18.9 Å². The summed E-state index contributed by atoms with van der Waals surface area (Å²) in [7, 11) is 0. The molecule has 128 valence electrons. The molecule has 5 rings (SSSR count). The average molecular weight is 338 g/mol. The molecule has 6 nitrogen and oxygen atoms in total. The van der Waals surface area contributed by atoms with Gasteiger partial charge in [0.2, 0.25) is 0 Å². The van der Waals surface area contributed by atoms with Gasteiger partial charge in [0.25, 0.3) is 5.91 Å². The lowest BCUT2D eigenvalue weighted by molar-refractivity contribution is -0.156. The number of ether oxygens (including phenoxy) is 4. The average Bonchev–Trinajstić information content (AvgIpc) is 3.35. The molecule has 0 atom stereocenters. The minimum atomic E-state index is -1.01. The van der Waals surface area contributed by atoms with Crippen LogP contribution >= 0.6 is 0 Å². The maximum absolute atomic E-state index is 6.12. The highest BCUT2D eigenvalue weighted by atomic mass is 16.8. The predicted octanol–water partition coefficient (Wildman–Crippen LogP) is 3.07. The van der Waals surface area contributed by atoms with Gasteiger partial charge in [0, 0.05) is 5.56 Å². The zero-order chi connectivity index (χ0) is 16.7. The maximum Gasteiger partial charge on any atom is 0.287 e. The smallest absolute Gasteiger partial charge is 0.287 e. The summed E-state index contributed by atoms with van der Waals surface area (Å²) >= 11 is 0. The third-order valence-electron chi connectivity index (χ3n) is 4.62. The number of aliphatic imine (C=N–C) groups is 1. The molecule has 0 N–H and O–H groups in total. The lowest BCUT2D eigenvalue weighted by Gasteiger charge is -2.41. The monoisotopic (exact) mass is 338 g/mol. The summed E-state index contributed by atoms with van der Waals surface area (Å²) in [6.45, 7) is 2.23. The van der Waals surface area contributed by atoms with Crippen molar-refractivity contribution in [3.8, 4) is 0 Å². The molecular formula is C19H18N2O4. The second-order valence-electron chi connectivity index (χ2n) is 6.04. The Morgan fingerprint density at radius 3 is 2.44 bits per heavy atom. The summed E-state index contributed by atoms with van der Waals surface area (Å²) in [6, 6.07) is 15.9. The van der Waals surface area contributed by atoms with Crippen LogP contribution < -0.4 is 4.90 Å². The van der Waals surface area contributed by atoms with E-state index in [0.717, 1.165) is 22.5 Å². The Morgan fingerprint density at radius 2 is 1.60 bits per heavy atom. The van der Waals surface area contributed by atoms with Crippen LogP contribution in [0.25, 0.3) is 0 Å². The van der Waals surface area contributed by atoms with Crippen molar-refractivity contribution in [2.24, 2.45) is 4.99 Å². The van der Waals surface area contributed by atoms with Gasteiger partial charge in [-0.1, -0.05) is 30.3 Å². The van der Waals surface area contributed by atoms with Crippen molar-refractivity contribution in [3.05, 3.63) is 59.7 Å². The van der Waals surface area contributed by atoms with Crippen LogP contribution in [0.4, 0.5) is 11.4 Å². The van der Waals surface area contributed by atoms with E-state index in [1.54, 1.807) is 6.34 Å². The molecule has 25 heavy (non-hydrogen) atoms. The van der Waals surface area contributed by atoms with Gasteiger partial charge >= 0.3 is 0 Å². The van der Waals surface area contributed by atoms with Crippen LogP contribution in [-0.2, 0) is 24.9 Å². The Labute approximate surface area is 145 Å². The van der Waals surface area contributed by atoms with Crippen LogP contribution in [0, 0.1) is 0 Å². The third kappa shape index (κ3) is 2.30. The van der Waals surface area contributed by atoms with E-state index >= 15 is 0 Å². The summed E-state index contributed by atoms with van der Waals surface area (Å²) < 4.78 is 23.7. The van der Waals surface area contributed by atoms with Crippen LogP contribution in [0.2, 0.25) is 0 Å². The van der Waals surface area contributed by atoms with Crippen LogP contribution in [0.3, 0.4) is 0 Å². The number of fused-ring (bicyclic) bond motifs is 2. The summed E-state index contributed by atoms with van der Waals surface area (Å²) in [5.41, 5.74) is 3.59. The fraction of sp³-hybridized carbons (Fsp3) is 0.316. The molecule has 0 bridgehead atoms. The van der Waals surface area contributed by atoms with Crippen LogP contribution in [0.1, 0.15) is 17.4 Å². The van der Waals surface area contributed by atoms with Gasteiger partial charge in [-0.05, 0) is 18.2 Å². The van der Waals surface area contributed by atoms with Gasteiger partial charge in [-0.2, -0.15) is 0 Å². The third-order valence-corrected chi connectivity index (χ3v) is 4.62. The highest BCUT2D eigenvalue weighted by Gasteiger charge is 2.48. The second-order valence-corrected chi connectivity index (χ2v) is 6.04. The van der Waals surface area contributed by atoms with Crippen molar-refractivity contribution in [1.29, 1.82) is 0 Å². The molecule has 3 aliphatic heterocycles. The number of benzene rings is 2. The van der Waals surface area contributed by atoms with Crippen molar-refractivity contribution < 1.29 is 18.9 Å². The fourth-order valence-corrected chi connectivity index (χ4v) is 3.54. The molecule has 0 aromatic heterocycles. The normalized spacial score (nSPS) is 21.8. The minimum absolute atomic E-state index is 0.389. The predicted molar refractivity (Wildman–Crippen MR) is 91.7 cm³/mol. The van der Waals surface area contributed by atoms with E-state index in [1.807, 2.05) is 53.4 Å². The zero-order valence-electron chi connectivity index (χ0n) is 13.6. The number of para-hydroxylation sites is 2. The summed E-state index contributed by atoms with van der Waals surface area (Å²) in [4.78, 5) is 6.53. The zero-order valence-corrected chi connectivity index (χ0v) is 13.6. The molecule has 6 heteroatoms. The fourth-order valence-electron chi connectivity index (χ4n) is 3.54. The molecule has 2 saturated heterocycles. The highest BCUT2D eigenvalue weighted by molar-refractivity contribution is 5.87. The quantitative estimate of drug-likeness (QED) is 0.842. The van der Waals surface area contributed by atoms with Gasteiger partial charge in [0.1, 0.15) is 6.34 Å². The minimum Gasteiger partial charge on any atom is -0.346 e. The van der Waals surface area contributed by atoms with Gasteiger partial charge in [0.15, 0.2) is 6.29 Å². The first-order valence-electron chi connectivity index (χ1n) is 8.41. The number of rotatable bonds is 2. The van der Waals surface area contributed by atoms with Crippen molar-refractivity contribution >= 4 is 17.7 Å². The molecular weight excluding hydrogens is 320 g/mol. The topological polar surface area (TPSA) is 52.5 Å². The summed E-state index contributed by atoms with van der Waals surface area (Å²) in [5, 5.41) is 0. The van der Waals surface area contributed by atoms with Gasteiger partial charge in [0.05, 0.1) is 43.4 Å². The lowest BCUT2D eigenvalue weighted by atomic mass is 10.0. The van der Waals surface area contributed by atoms with Gasteiger partial charge in [-0.25, -0.2) is 4.99 Å². The molecule has 0 saturated carbocycles.